The molecular formula is C47H48N8O8S. The van der Waals surface area contributed by atoms with Gasteiger partial charge in [-0.05, 0) is 83.4 Å². The van der Waals surface area contributed by atoms with Gasteiger partial charge in [-0.3, -0.25) is 4.79 Å². The van der Waals surface area contributed by atoms with E-state index in [4.69, 9.17) is 20.0 Å². The van der Waals surface area contributed by atoms with Crippen LogP contribution in [0.25, 0.3) is 56.3 Å². The molecule has 1 atom stereocenters. The van der Waals surface area contributed by atoms with E-state index in [1.54, 1.807) is 80.1 Å². The summed E-state index contributed by atoms with van der Waals surface area (Å²) in [5.74, 6) is 0.0788. The van der Waals surface area contributed by atoms with Gasteiger partial charge in [-0.25, -0.2) is 28.2 Å². The summed E-state index contributed by atoms with van der Waals surface area (Å²) in [6.07, 6.45) is 1.65. The summed E-state index contributed by atoms with van der Waals surface area (Å²) in [6, 6.07) is 23.4. The number of nitrogens with one attached hydrogen (secondary N) is 1. The van der Waals surface area contributed by atoms with Crippen LogP contribution in [0.4, 0.5) is 5.82 Å². The number of rotatable bonds is 10. The fourth-order valence-electron chi connectivity index (χ4n) is 7.91. The molecule has 0 radical (unpaired) electrons. The minimum atomic E-state index is -3.35. The standard InChI is InChI=1S/C24H25N5O3S.C23H23N3O5/c1-15(2)33(30,31)19-10-8-18(9-11-19)21-14-27-24(25)23(28-21)22-12-20(29-32-22)17-6-4-16(5-7-17)13-26-3;1-4-23(30)16-8-18-20-12(9-26(18)21(28)15(16)11-31-22(23)29)7-13-14(10-25(2)3)19(27)6-5-17(13)24-20/h4-12,14-15,26H,13H2,1-3H3,(H2,25,27);5-8,27,30H,4,9-11H2,1-3H3/t;23-/m.0/s1. The number of benzene rings is 3. The molecule has 3 aromatic carbocycles. The van der Waals surface area contributed by atoms with E-state index in [-0.39, 0.29) is 35.0 Å². The van der Waals surface area contributed by atoms with Crippen molar-refractivity contribution in [2.75, 3.05) is 26.9 Å². The predicted molar refractivity (Wildman–Crippen MR) is 241 cm³/mol. The highest BCUT2D eigenvalue weighted by Gasteiger charge is 2.45. The van der Waals surface area contributed by atoms with Crippen molar-refractivity contribution in [3.8, 4) is 51.1 Å². The largest absolute Gasteiger partial charge is 0.508 e. The molecule has 17 heteroatoms. The number of carbonyl (C=O) groups excluding carboxylic acids is 1. The van der Waals surface area contributed by atoms with Crippen LogP contribution in [0, 0.1) is 0 Å². The molecule has 6 heterocycles. The summed E-state index contributed by atoms with van der Waals surface area (Å²) in [5.41, 5.74) is 12.5. The minimum Gasteiger partial charge on any atom is -0.508 e. The molecule has 0 fully saturated rings. The number of nitrogens with zero attached hydrogens (tertiary/aromatic N) is 6. The molecule has 0 saturated heterocycles. The number of esters is 1. The Balaban J connectivity index is 0.000000175. The van der Waals surface area contributed by atoms with Crippen molar-refractivity contribution in [2.24, 2.45) is 0 Å². The lowest BCUT2D eigenvalue weighted by atomic mass is 9.86. The number of phenols is 1. The number of phenolic OH excluding ortho intramolecular Hbond substituents is 1. The Morgan fingerprint density at radius 1 is 0.953 bits per heavy atom. The lowest BCUT2D eigenvalue weighted by Gasteiger charge is -2.31. The molecule has 0 saturated carbocycles. The summed E-state index contributed by atoms with van der Waals surface area (Å²) in [5, 5.41) is 29.0. The maximum Gasteiger partial charge on any atom is 0.343 e. The summed E-state index contributed by atoms with van der Waals surface area (Å²) in [4.78, 5) is 41.4. The average Bonchev–Trinajstić information content (AvgIpc) is 3.92. The van der Waals surface area contributed by atoms with Crippen molar-refractivity contribution in [1.29, 1.82) is 0 Å². The van der Waals surface area contributed by atoms with Gasteiger partial charge in [-0.1, -0.05) is 48.5 Å². The molecule has 0 spiro atoms. The number of pyridine rings is 2. The Kier molecular flexibility index (Phi) is 11.7. The highest BCUT2D eigenvalue weighted by Crippen LogP contribution is 2.40. The topological polar surface area (TPSA) is 229 Å². The maximum absolute atomic E-state index is 13.2. The molecule has 0 amide bonds. The van der Waals surface area contributed by atoms with Crippen LogP contribution in [-0.2, 0) is 51.2 Å². The zero-order valence-electron chi connectivity index (χ0n) is 36.2. The number of cyclic esters (lactones) is 1. The third kappa shape index (κ3) is 7.91. The Labute approximate surface area is 369 Å². The van der Waals surface area contributed by atoms with Crippen molar-refractivity contribution in [3.05, 3.63) is 123 Å². The molecule has 0 bridgehead atoms. The molecule has 64 heavy (non-hydrogen) atoms. The Bertz CT molecular complexity index is 3110. The van der Waals surface area contributed by atoms with E-state index in [0.29, 0.717) is 69.5 Å². The van der Waals surface area contributed by atoms with E-state index in [2.05, 4.69) is 20.4 Å². The molecule has 7 aromatic rings. The van der Waals surface area contributed by atoms with Crippen molar-refractivity contribution < 1.29 is 32.7 Å². The molecule has 2 aliphatic heterocycles. The van der Waals surface area contributed by atoms with Crippen molar-refractivity contribution in [1.82, 2.24) is 34.9 Å². The summed E-state index contributed by atoms with van der Waals surface area (Å²) < 4.78 is 37.0. The smallest absolute Gasteiger partial charge is 0.343 e. The van der Waals surface area contributed by atoms with Gasteiger partial charge in [0.15, 0.2) is 32.7 Å². The van der Waals surface area contributed by atoms with Gasteiger partial charge in [0.2, 0.25) is 0 Å². The van der Waals surface area contributed by atoms with Crippen LogP contribution < -0.4 is 16.6 Å². The third-order valence-electron chi connectivity index (χ3n) is 11.5. The zero-order valence-corrected chi connectivity index (χ0v) is 37.0. The first-order valence-electron chi connectivity index (χ1n) is 20.7. The number of anilines is 1. The number of sulfone groups is 1. The van der Waals surface area contributed by atoms with Gasteiger partial charge < -0.3 is 40.0 Å². The van der Waals surface area contributed by atoms with Gasteiger partial charge >= 0.3 is 5.97 Å². The van der Waals surface area contributed by atoms with Crippen LogP contribution in [0.3, 0.4) is 0 Å². The molecule has 2 aliphatic rings. The molecular weight excluding hydrogens is 837 g/mol. The molecule has 4 aromatic heterocycles. The lowest BCUT2D eigenvalue weighted by Crippen LogP contribution is -2.44. The van der Waals surface area contributed by atoms with E-state index < -0.39 is 26.7 Å². The van der Waals surface area contributed by atoms with E-state index >= 15 is 0 Å². The number of aromatic nitrogens is 5. The van der Waals surface area contributed by atoms with Crippen molar-refractivity contribution in [3.63, 3.8) is 0 Å². The zero-order chi connectivity index (χ0) is 45.7. The minimum absolute atomic E-state index is 0.104. The fraction of sp³-hybridized carbons (Fsp3) is 0.277. The van der Waals surface area contributed by atoms with Crippen LogP contribution in [0.5, 0.6) is 5.75 Å². The molecule has 0 aliphatic carbocycles. The van der Waals surface area contributed by atoms with Gasteiger partial charge in [0.05, 0.1) is 51.0 Å². The maximum atomic E-state index is 13.2. The van der Waals surface area contributed by atoms with Gasteiger partial charge in [0.25, 0.3) is 5.56 Å². The van der Waals surface area contributed by atoms with Gasteiger partial charge in [0.1, 0.15) is 18.1 Å². The third-order valence-corrected chi connectivity index (χ3v) is 13.7. The number of aliphatic hydroxyl groups is 1. The highest BCUT2D eigenvalue weighted by molar-refractivity contribution is 7.92. The quantitative estimate of drug-likeness (QED) is 0.119. The first kappa shape index (κ1) is 43.8. The first-order chi connectivity index (χ1) is 30.5. The number of ether oxygens (including phenoxy) is 1. The van der Waals surface area contributed by atoms with Crippen molar-refractivity contribution in [2.45, 2.75) is 69.2 Å². The number of aromatic hydroxyl groups is 1. The summed E-state index contributed by atoms with van der Waals surface area (Å²) in [7, 11) is 2.41. The van der Waals surface area contributed by atoms with Gasteiger partial charge in [-0.15, -0.1) is 0 Å². The van der Waals surface area contributed by atoms with Crippen molar-refractivity contribution >= 4 is 32.5 Å². The van der Waals surface area contributed by atoms with Gasteiger partial charge in [0, 0.05) is 52.4 Å². The first-order valence-corrected chi connectivity index (χ1v) is 22.2. The van der Waals surface area contributed by atoms with Crippen LogP contribution in [0.2, 0.25) is 0 Å². The number of carbonyl (C=O) groups is 1. The number of hydrogen-bond donors (Lipinski definition) is 4. The van der Waals surface area contributed by atoms with Crippen LogP contribution in [-0.4, -0.2) is 80.6 Å². The number of nitrogen functional groups attached to an aromatic ring is 1. The number of hydrogen-bond acceptors (Lipinski definition) is 15. The Morgan fingerprint density at radius 2 is 1.66 bits per heavy atom. The second-order valence-corrected chi connectivity index (χ2v) is 18.9. The number of nitrogens with two attached hydrogens (primary N) is 1. The van der Waals surface area contributed by atoms with Gasteiger partial charge in [-0.2, -0.15) is 0 Å². The summed E-state index contributed by atoms with van der Waals surface area (Å²) >= 11 is 0. The average molecular weight is 885 g/mol. The normalized spacial score (nSPS) is 15.4. The lowest BCUT2D eigenvalue weighted by molar-refractivity contribution is -0.172. The Hall–Kier alpha value is -6.79. The van der Waals surface area contributed by atoms with Crippen LogP contribution >= 0.6 is 0 Å². The molecule has 0 unspecified atom stereocenters. The van der Waals surface area contributed by atoms with Crippen LogP contribution in [0.1, 0.15) is 55.0 Å². The molecule has 9 rings (SSSR count). The number of fused-ring (bicyclic) bond motifs is 5. The Morgan fingerprint density at radius 3 is 2.33 bits per heavy atom. The second-order valence-electron chi connectivity index (χ2n) is 16.4. The fourth-order valence-corrected chi connectivity index (χ4v) is 8.97. The van der Waals surface area contributed by atoms with E-state index in [9.17, 15) is 28.2 Å². The molecule has 16 nitrogen and oxygen atoms in total. The molecule has 5 N–H and O–H groups in total. The summed E-state index contributed by atoms with van der Waals surface area (Å²) in [6.45, 7) is 6.51. The molecule has 330 valence electrons. The van der Waals surface area contributed by atoms with E-state index in [1.165, 1.54) is 5.56 Å². The highest BCUT2D eigenvalue weighted by atomic mass is 32.2. The van der Waals surface area contributed by atoms with Crippen LogP contribution in [0.15, 0.2) is 99.3 Å². The predicted octanol–water partition coefficient (Wildman–Crippen LogP) is 5.80. The second kappa shape index (κ2) is 17.1. The SMILES string of the molecule is CC[C@@]1(O)C(=O)OCc2c1cc1n(c2=O)Cc2cc3c(CN(C)C)c(O)ccc3nc2-1.CNCc1ccc(-c2cc(-c3nc(-c4ccc(S(=O)(=O)C(C)C)cc4)cnc3N)on2)cc1. The monoisotopic (exact) mass is 884 g/mol. The van der Waals surface area contributed by atoms with E-state index in [0.717, 1.165) is 28.6 Å². The van der Waals surface area contributed by atoms with E-state index in [1.807, 2.05) is 56.4 Å².